The van der Waals surface area contributed by atoms with Gasteiger partial charge in [-0.25, -0.2) is 8.42 Å². The Bertz CT molecular complexity index is 1310. The van der Waals surface area contributed by atoms with E-state index < -0.39 is 10.0 Å². The quantitative estimate of drug-likeness (QED) is 0.298. The van der Waals surface area contributed by atoms with Gasteiger partial charge in [-0.15, -0.1) is 0 Å². The summed E-state index contributed by atoms with van der Waals surface area (Å²) >= 11 is 18.5. The molecule has 0 bridgehead atoms. The Morgan fingerprint density at radius 2 is 1.43 bits per heavy atom. The number of benzene rings is 3. The summed E-state index contributed by atoms with van der Waals surface area (Å²) in [5.41, 5.74) is 1.94. The number of likely N-dealkylation sites (tertiary alicyclic amines) is 1. The predicted molar refractivity (Wildman–Crippen MR) is 154 cm³/mol. The minimum atomic E-state index is -3.84. The standard InChI is InChI=1S/C29H31Cl3N2O2S/c30-22-10-13-25(14-11-22)37(35,36)34(24-12-15-27(31)28(32)20-24)23-16-18-33(19-17-23)29-9-5-4-8-26(29)21-6-2-1-3-7-21/h1-3,6-7,10-15,20,23,26,29H,4-5,8-9,16-19H2/t26-,29-/m1/s1. The highest BCUT2D eigenvalue weighted by molar-refractivity contribution is 7.92. The number of halogens is 3. The molecule has 1 heterocycles. The van der Waals surface area contributed by atoms with E-state index in [1.165, 1.54) is 31.2 Å². The van der Waals surface area contributed by atoms with Crippen molar-refractivity contribution in [1.29, 1.82) is 0 Å². The summed E-state index contributed by atoms with van der Waals surface area (Å²) in [7, 11) is -3.84. The predicted octanol–water partition coefficient (Wildman–Crippen LogP) is 8.03. The maximum atomic E-state index is 14.0. The van der Waals surface area contributed by atoms with E-state index in [1.807, 2.05) is 0 Å². The van der Waals surface area contributed by atoms with Gasteiger partial charge in [-0.3, -0.25) is 9.21 Å². The van der Waals surface area contributed by atoms with Crippen molar-refractivity contribution in [1.82, 2.24) is 4.90 Å². The minimum absolute atomic E-state index is 0.187. The smallest absolute Gasteiger partial charge is 0.264 e. The van der Waals surface area contributed by atoms with Crippen molar-refractivity contribution in [2.45, 2.75) is 61.4 Å². The van der Waals surface area contributed by atoms with Gasteiger partial charge in [0.2, 0.25) is 0 Å². The minimum Gasteiger partial charge on any atom is -0.300 e. The Balaban J connectivity index is 1.41. The SMILES string of the molecule is O=S(=O)(c1ccc(Cl)cc1)N(c1ccc(Cl)c(Cl)c1)C1CCN([C@@H]2CCCC[C@@H]2c2ccccc2)CC1. The fourth-order valence-electron chi connectivity index (χ4n) is 5.98. The van der Waals surface area contributed by atoms with Crippen LogP contribution in [0.4, 0.5) is 5.69 Å². The van der Waals surface area contributed by atoms with Gasteiger partial charge in [0.25, 0.3) is 10.0 Å². The van der Waals surface area contributed by atoms with E-state index in [1.54, 1.807) is 46.8 Å². The molecule has 2 fully saturated rings. The Kier molecular flexibility index (Phi) is 8.37. The van der Waals surface area contributed by atoms with E-state index in [0.29, 0.717) is 32.7 Å². The van der Waals surface area contributed by atoms with Gasteiger partial charge >= 0.3 is 0 Å². The van der Waals surface area contributed by atoms with E-state index in [4.69, 9.17) is 34.8 Å². The molecular formula is C29H31Cl3N2O2S. The lowest BCUT2D eigenvalue weighted by Gasteiger charge is -2.45. The number of hydrogen-bond donors (Lipinski definition) is 0. The zero-order valence-electron chi connectivity index (χ0n) is 20.6. The van der Waals surface area contributed by atoms with Gasteiger partial charge in [-0.05, 0) is 79.6 Å². The topological polar surface area (TPSA) is 40.6 Å². The second-order valence-electron chi connectivity index (χ2n) is 9.99. The number of rotatable bonds is 6. The average Bonchev–Trinajstić information content (AvgIpc) is 2.92. The van der Waals surface area contributed by atoms with Crippen LogP contribution in [-0.4, -0.2) is 38.5 Å². The first-order chi connectivity index (χ1) is 17.8. The largest absolute Gasteiger partial charge is 0.300 e. The maximum absolute atomic E-state index is 14.0. The second-order valence-corrected chi connectivity index (χ2v) is 13.1. The van der Waals surface area contributed by atoms with Crippen molar-refractivity contribution in [2.75, 3.05) is 17.4 Å². The Labute approximate surface area is 235 Å². The summed E-state index contributed by atoms with van der Waals surface area (Å²) in [6, 6.07) is 22.5. The van der Waals surface area contributed by atoms with Gasteiger partial charge in [0.1, 0.15) is 0 Å². The van der Waals surface area contributed by atoms with Gasteiger partial charge in [0, 0.05) is 30.2 Å². The fraction of sp³-hybridized carbons (Fsp3) is 0.379. The molecule has 2 atom stereocenters. The average molecular weight is 578 g/mol. The van der Waals surface area contributed by atoms with E-state index in [2.05, 4.69) is 35.2 Å². The third-order valence-electron chi connectivity index (χ3n) is 7.79. The summed E-state index contributed by atoms with van der Waals surface area (Å²) in [5.74, 6) is 0.524. The van der Waals surface area contributed by atoms with Crippen LogP contribution in [0.2, 0.25) is 15.1 Å². The highest BCUT2D eigenvalue weighted by Crippen LogP contribution is 2.39. The van der Waals surface area contributed by atoms with E-state index in [-0.39, 0.29) is 10.9 Å². The van der Waals surface area contributed by atoms with Crippen LogP contribution < -0.4 is 4.31 Å². The highest BCUT2D eigenvalue weighted by atomic mass is 35.5. The monoisotopic (exact) mass is 576 g/mol. The Morgan fingerprint density at radius 1 is 0.757 bits per heavy atom. The van der Waals surface area contributed by atoms with Crippen molar-refractivity contribution in [3.8, 4) is 0 Å². The third kappa shape index (κ3) is 5.81. The van der Waals surface area contributed by atoms with Crippen molar-refractivity contribution in [3.05, 3.63) is 93.4 Å². The molecule has 0 spiro atoms. The molecule has 0 unspecified atom stereocenters. The summed E-state index contributed by atoms with van der Waals surface area (Å²) in [5, 5.41) is 1.22. The highest BCUT2D eigenvalue weighted by Gasteiger charge is 2.38. The summed E-state index contributed by atoms with van der Waals surface area (Å²) in [6.45, 7) is 1.71. The Hall–Kier alpha value is -1.76. The zero-order valence-corrected chi connectivity index (χ0v) is 23.7. The van der Waals surface area contributed by atoms with E-state index >= 15 is 0 Å². The maximum Gasteiger partial charge on any atom is 0.264 e. The van der Waals surface area contributed by atoms with Gasteiger partial charge in [-0.1, -0.05) is 78.0 Å². The fourth-order valence-corrected chi connectivity index (χ4v) is 8.10. The van der Waals surface area contributed by atoms with Crippen LogP contribution in [0.25, 0.3) is 0 Å². The molecule has 0 N–H and O–H groups in total. The lowest BCUT2D eigenvalue weighted by Crippen LogP contribution is -2.51. The van der Waals surface area contributed by atoms with Crippen molar-refractivity contribution >= 4 is 50.5 Å². The van der Waals surface area contributed by atoms with Gasteiger partial charge in [0.05, 0.1) is 20.6 Å². The molecule has 196 valence electrons. The normalized spacial score (nSPS) is 21.6. The lowest BCUT2D eigenvalue weighted by molar-refractivity contribution is 0.107. The molecule has 5 rings (SSSR count). The molecule has 1 saturated carbocycles. The first-order valence-electron chi connectivity index (χ1n) is 12.9. The molecule has 3 aromatic carbocycles. The third-order valence-corrected chi connectivity index (χ3v) is 10.7. The molecule has 1 saturated heterocycles. The number of nitrogens with zero attached hydrogens (tertiary/aromatic N) is 2. The van der Waals surface area contributed by atoms with Crippen molar-refractivity contribution < 1.29 is 8.42 Å². The molecule has 0 aromatic heterocycles. The second kappa shape index (κ2) is 11.5. The lowest BCUT2D eigenvalue weighted by atomic mass is 9.78. The van der Waals surface area contributed by atoms with Crippen LogP contribution in [-0.2, 0) is 10.0 Å². The molecular weight excluding hydrogens is 547 g/mol. The first kappa shape index (κ1) is 26.8. The summed E-state index contributed by atoms with van der Waals surface area (Å²) < 4.78 is 29.5. The van der Waals surface area contributed by atoms with Crippen LogP contribution in [0.1, 0.15) is 50.0 Å². The number of piperidine rings is 1. The zero-order chi connectivity index (χ0) is 26.0. The number of sulfonamides is 1. The number of hydrogen-bond acceptors (Lipinski definition) is 3. The van der Waals surface area contributed by atoms with Crippen LogP contribution in [0, 0.1) is 0 Å². The molecule has 3 aromatic rings. The molecule has 37 heavy (non-hydrogen) atoms. The van der Waals surface area contributed by atoms with Crippen molar-refractivity contribution in [2.24, 2.45) is 0 Å². The molecule has 1 aliphatic heterocycles. The van der Waals surface area contributed by atoms with Crippen LogP contribution >= 0.6 is 34.8 Å². The summed E-state index contributed by atoms with van der Waals surface area (Å²) in [6.07, 6.45) is 6.38. The van der Waals surface area contributed by atoms with Crippen LogP contribution in [0.5, 0.6) is 0 Å². The molecule has 0 radical (unpaired) electrons. The molecule has 2 aliphatic rings. The van der Waals surface area contributed by atoms with Gasteiger partial charge in [-0.2, -0.15) is 0 Å². The van der Waals surface area contributed by atoms with E-state index in [9.17, 15) is 8.42 Å². The van der Waals surface area contributed by atoms with Crippen LogP contribution in [0.3, 0.4) is 0 Å². The van der Waals surface area contributed by atoms with Crippen LogP contribution in [0.15, 0.2) is 77.7 Å². The molecule has 8 heteroatoms. The van der Waals surface area contributed by atoms with Crippen molar-refractivity contribution in [3.63, 3.8) is 0 Å². The number of anilines is 1. The molecule has 4 nitrogen and oxygen atoms in total. The van der Waals surface area contributed by atoms with Gasteiger partial charge < -0.3 is 0 Å². The van der Waals surface area contributed by atoms with E-state index in [0.717, 1.165) is 25.9 Å². The molecule has 0 amide bonds. The Morgan fingerprint density at radius 3 is 2.11 bits per heavy atom. The first-order valence-corrected chi connectivity index (χ1v) is 15.5. The van der Waals surface area contributed by atoms with Gasteiger partial charge in [0.15, 0.2) is 0 Å². The summed E-state index contributed by atoms with van der Waals surface area (Å²) in [4.78, 5) is 2.80. The molecule has 1 aliphatic carbocycles.